The van der Waals surface area contributed by atoms with Gasteiger partial charge in [0.2, 0.25) is 5.95 Å². The minimum absolute atomic E-state index is 0.167. The molecule has 1 saturated heterocycles. The minimum Gasteiger partial charge on any atom is -0.340 e. The van der Waals surface area contributed by atoms with Crippen molar-refractivity contribution in [3.8, 4) is 11.3 Å². The Morgan fingerprint density at radius 2 is 1.72 bits per heavy atom. The molecule has 2 aromatic heterocycles. The molecule has 3 heterocycles. The maximum Gasteiger partial charge on any atom is 0.225 e. The summed E-state index contributed by atoms with van der Waals surface area (Å²) in [6.07, 6.45) is 8.79. The first-order valence-corrected chi connectivity index (χ1v) is 8.40. The van der Waals surface area contributed by atoms with Crippen LogP contribution in [-0.4, -0.2) is 33.0 Å². The lowest BCUT2D eigenvalue weighted by atomic mass is 9.91. The van der Waals surface area contributed by atoms with Crippen molar-refractivity contribution >= 4 is 5.95 Å². The molecule has 1 aliphatic heterocycles. The molecule has 0 aliphatic carbocycles. The van der Waals surface area contributed by atoms with E-state index in [0.29, 0.717) is 11.3 Å². The lowest BCUT2D eigenvalue weighted by Gasteiger charge is -2.32. The van der Waals surface area contributed by atoms with Gasteiger partial charge >= 0.3 is 0 Å². The molecule has 0 saturated carbocycles. The summed E-state index contributed by atoms with van der Waals surface area (Å²) in [5, 5.41) is 0. The fourth-order valence-corrected chi connectivity index (χ4v) is 3.34. The van der Waals surface area contributed by atoms with E-state index in [1.165, 1.54) is 6.07 Å². The number of aromatic nitrogens is 4. The van der Waals surface area contributed by atoms with Crippen molar-refractivity contribution in [2.45, 2.75) is 18.8 Å². The molecular formula is C19H18FN5. The third-order valence-corrected chi connectivity index (χ3v) is 4.50. The summed E-state index contributed by atoms with van der Waals surface area (Å²) >= 11 is 0. The number of rotatable bonds is 3. The zero-order valence-corrected chi connectivity index (χ0v) is 13.7. The SMILES string of the molecule is Fc1ccccc1-c1nccnc1[C@H]1CCCN(c2ncccn2)C1. The number of nitrogens with zero attached hydrogens (tertiary/aromatic N) is 5. The molecular weight excluding hydrogens is 317 g/mol. The van der Waals surface area contributed by atoms with Crippen LogP contribution in [0.25, 0.3) is 11.3 Å². The molecule has 126 valence electrons. The highest BCUT2D eigenvalue weighted by Gasteiger charge is 2.27. The number of hydrogen-bond donors (Lipinski definition) is 0. The highest BCUT2D eigenvalue weighted by atomic mass is 19.1. The molecule has 4 rings (SSSR count). The first-order valence-electron chi connectivity index (χ1n) is 8.40. The van der Waals surface area contributed by atoms with Gasteiger partial charge in [-0.2, -0.15) is 0 Å². The number of hydrogen-bond acceptors (Lipinski definition) is 5. The maximum atomic E-state index is 14.3. The van der Waals surface area contributed by atoms with E-state index >= 15 is 0 Å². The summed E-state index contributed by atoms with van der Waals surface area (Å²) in [6.45, 7) is 1.67. The van der Waals surface area contributed by atoms with Crippen LogP contribution in [0, 0.1) is 5.82 Å². The fourth-order valence-electron chi connectivity index (χ4n) is 3.34. The molecule has 0 spiro atoms. The first kappa shape index (κ1) is 15.6. The summed E-state index contributed by atoms with van der Waals surface area (Å²) in [5.74, 6) is 0.618. The Kier molecular flexibility index (Phi) is 4.33. The van der Waals surface area contributed by atoms with Crippen LogP contribution in [0.5, 0.6) is 0 Å². The lowest BCUT2D eigenvalue weighted by Crippen LogP contribution is -2.36. The standard InChI is InChI=1S/C19H18FN5/c20-16-7-2-1-6-15(16)18-17(21-10-11-22-18)14-5-3-12-25(13-14)19-23-8-4-9-24-19/h1-2,4,6-11,14H,3,5,12-13H2/t14-/m0/s1. The third-order valence-electron chi connectivity index (χ3n) is 4.50. The average molecular weight is 335 g/mol. The largest absolute Gasteiger partial charge is 0.340 e. The quantitative estimate of drug-likeness (QED) is 0.734. The van der Waals surface area contributed by atoms with E-state index in [2.05, 4.69) is 24.8 Å². The predicted molar refractivity (Wildman–Crippen MR) is 93.6 cm³/mol. The Morgan fingerprint density at radius 1 is 0.920 bits per heavy atom. The molecule has 1 atom stereocenters. The van der Waals surface area contributed by atoms with Crippen molar-refractivity contribution in [2.24, 2.45) is 0 Å². The van der Waals surface area contributed by atoms with Crippen molar-refractivity contribution in [2.75, 3.05) is 18.0 Å². The Balaban J connectivity index is 1.67. The van der Waals surface area contributed by atoms with Gasteiger partial charge in [-0.3, -0.25) is 9.97 Å². The van der Waals surface area contributed by atoms with E-state index in [4.69, 9.17) is 0 Å². The van der Waals surface area contributed by atoms with Crippen LogP contribution >= 0.6 is 0 Å². The Hall–Kier alpha value is -2.89. The zero-order valence-electron chi connectivity index (χ0n) is 13.7. The van der Waals surface area contributed by atoms with Crippen molar-refractivity contribution < 1.29 is 4.39 Å². The maximum absolute atomic E-state index is 14.3. The predicted octanol–water partition coefficient (Wildman–Crippen LogP) is 3.46. The molecule has 0 radical (unpaired) electrons. The van der Waals surface area contributed by atoms with Crippen molar-refractivity contribution in [1.82, 2.24) is 19.9 Å². The van der Waals surface area contributed by atoms with Crippen molar-refractivity contribution in [1.29, 1.82) is 0 Å². The molecule has 5 nitrogen and oxygen atoms in total. The monoisotopic (exact) mass is 335 g/mol. The first-order chi connectivity index (χ1) is 12.3. The summed E-state index contributed by atoms with van der Waals surface area (Å²) in [6, 6.07) is 8.53. The van der Waals surface area contributed by atoms with Gasteiger partial charge in [0.1, 0.15) is 5.82 Å². The fraction of sp³-hybridized carbons (Fsp3) is 0.263. The molecule has 1 aliphatic rings. The number of benzene rings is 1. The molecule has 1 fully saturated rings. The van der Waals surface area contributed by atoms with E-state index in [-0.39, 0.29) is 11.7 Å². The average Bonchev–Trinajstić information content (AvgIpc) is 2.69. The van der Waals surface area contributed by atoms with Gasteiger partial charge in [-0.1, -0.05) is 12.1 Å². The van der Waals surface area contributed by atoms with Gasteiger partial charge in [0.25, 0.3) is 0 Å². The highest BCUT2D eigenvalue weighted by Crippen LogP contribution is 2.33. The molecule has 6 heteroatoms. The molecule has 1 aromatic carbocycles. The molecule has 0 unspecified atom stereocenters. The van der Waals surface area contributed by atoms with Gasteiger partial charge in [0.05, 0.1) is 11.4 Å². The van der Waals surface area contributed by atoms with Gasteiger partial charge in [0, 0.05) is 49.4 Å². The smallest absolute Gasteiger partial charge is 0.225 e. The van der Waals surface area contributed by atoms with E-state index in [0.717, 1.165) is 37.6 Å². The second-order valence-corrected chi connectivity index (χ2v) is 6.10. The minimum atomic E-state index is -0.275. The Labute approximate surface area is 145 Å². The van der Waals surface area contributed by atoms with Crippen molar-refractivity contribution in [3.63, 3.8) is 0 Å². The van der Waals surface area contributed by atoms with Gasteiger partial charge in [-0.15, -0.1) is 0 Å². The van der Waals surface area contributed by atoms with Gasteiger partial charge in [-0.05, 0) is 31.0 Å². The molecule has 0 amide bonds. The van der Waals surface area contributed by atoms with Crippen LogP contribution in [0.2, 0.25) is 0 Å². The summed E-state index contributed by atoms with van der Waals surface area (Å²) < 4.78 is 14.3. The van der Waals surface area contributed by atoms with Crippen LogP contribution in [0.1, 0.15) is 24.5 Å². The van der Waals surface area contributed by atoms with Crippen LogP contribution in [-0.2, 0) is 0 Å². The van der Waals surface area contributed by atoms with E-state index in [9.17, 15) is 4.39 Å². The second-order valence-electron chi connectivity index (χ2n) is 6.10. The van der Waals surface area contributed by atoms with E-state index < -0.39 is 0 Å². The van der Waals surface area contributed by atoms with Gasteiger partial charge < -0.3 is 4.90 Å². The van der Waals surface area contributed by atoms with Crippen LogP contribution in [0.3, 0.4) is 0 Å². The number of piperidine rings is 1. The number of halogens is 1. The summed E-state index contributed by atoms with van der Waals surface area (Å²) in [4.78, 5) is 19.8. The van der Waals surface area contributed by atoms with Crippen molar-refractivity contribution in [3.05, 3.63) is 66.6 Å². The van der Waals surface area contributed by atoms with Crippen LogP contribution in [0.4, 0.5) is 10.3 Å². The van der Waals surface area contributed by atoms with E-state index in [1.807, 2.05) is 12.1 Å². The molecule has 0 N–H and O–H groups in total. The molecule has 3 aromatic rings. The highest BCUT2D eigenvalue weighted by molar-refractivity contribution is 5.63. The third kappa shape index (κ3) is 3.20. The van der Waals surface area contributed by atoms with Crippen LogP contribution < -0.4 is 4.90 Å². The molecule has 25 heavy (non-hydrogen) atoms. The van der Waals surface area contributed by atoms with Gasteiger partial charge in [0.15, 0.2) is 0 Å². The summed E-state index contributed by atoms with van der Waals surface area (Å²) in [7, 11) is 0. The molecule has 0 bridgehead atoms. The zero-order chi connectivity index (χ0) is 17.1. The van der Waals surface area contributed by atoms with Gasteiger partial charge in [-0.25, -0.2) is 14.4 Å². The number of anilines is 1. The second kappa shape index (κ2) is 6.93. The topological polar surface area (TPSA) is 54.8 Å². The lowest BCUT2D eigenvalue weighted by molar-refractivity contribution is 0.494. The normalized spacial score (nSPS) is 17.5. The van der Waals surface area contributed by atoms with E-state index in [1.54, 1.807) is 36.9 Å². The summed E-state index contributed by atoms with van der Waals surface area (Å²) in [5.41, 5.74) is 1.97. The Bertz CT molecular complexity index is 855. The Morgan fingerprint density at radius 3 is 2.56 bits per heavy atom. The van der Waals surface area contributed by atoms with Crippen LogP contribution in [0.15, 0.2) is 55.1 Å².